The van der Waals surface area contributed by atoms with Crippen molar-refractivity contribution in [3.8, 4) is 11.5 Å². The maximum absolute atomic E-state index is 12.3. The minimum atomic E-state index is -0.268. The van der Waals surface area contributed by atoms with Crippen LogP contribution in [0, 0.1) is 6.92 Å². The quantitative estimate of drug-likeness (QED) is 0.791. The van der Waals surface area contributed by atoms with Crippen LogP contribution in [0.25, 0.3) is 0 Å². The first-order valence-electron chi connectivity index (χ1n) is 5.85. The van der Waals surface area contributed by atoms with Crippen molar-refractivity contribution in [3.05, 3.63) is 46.4 Å². The van der Waals surface area contributed by atoms with E-state index in [0.29, 0.717) is 41.1 Å². The van der Waals surface area contributed by atoms with Crippen LogP contribution in [0.2, 0.25) is 5.02 Å². The molecule has 0 amide bonds. The van der Waals surface area contributed by atoms with Gasteiger partial charge in [0.1, 0.15) is 19.0 Å². The number of ketones is 1. The maximum atomic E-state index is 12.3. The van der Waals surface area contributed by atoms with E-state index in [1.165, 1.54) is 0 Å². The van der Waals surface area contributed by atoms with Crippen molar-refractivity contribution >= 4 is 17.4 Å². The molecule has 0 radical (unpaired) electrons. The summed E-state index contributed by atoms with van der Waals surface area (Å²) in [6, 6.07) is 6.56. The molecule has 0 bridgehead atoms. The van der Waals surface area contributed by atoms with Gasteiger partial charge in [0.05, 0.1) is 5.02 Å². The van der Waals surface area contributed by atoms with Gasteiger partial charge in [0.25, 0.3) is 0 Å². The van der Waals surface area contributed by atoms with E-state index in [-0.39, 0.29) is 11.5 Å². The number of fused-ring (bicyclic) bond motifs is 1. The Labute approximate surface area is 114 Å². The highest BCUT2D eigenvalue weighted by atomic mass is 35.5. The number of hydrogen-bond donors (Lipinski definition) is 0. The predicted octanol–water partition coefficient (Wildman–Crippen LogP) is 3.24. The Kier molecular flexibility index (Phi) is 2.95. The highest BCUT2D eigenvalue weighted by Crippen LogP contribution is 2.36. The Morgan fingerprint density at radius 3 is 2.47 bits per heavy atom. The highest BCUT2D eigenvalue weighted by Gasteiger charge is 2.21. The minimum Gasteiger partial charge on any atom is -0.486 e. The summed E-state index contributed by atoms with van der Waals surface area (Å²) in [6.07, 6.45) is 0. The third kappa shape index (κ3) is 2.19. The molecule has 3 rings (SSSR count). The molecule has 1 aromatic heterocycles. The average molecular weight is 279 g/mol. The van der Waals surface area contributed by atoms with Crippen molar-refractivity contribution < 1.29 is 18.7 Å². The molecule has 0 saturated carbocycles. The van der Waals surface area contributed by atoms with Crippen molar-refractivity contribution in [2.75, 3.05) is 13.2 Å². The summed E-state index contributed by atoms with van der Waals surface area (Å²) >= 11 is 6.11. The molecule has 19 heavy (non-hydrogen) atoms. The van der Waals surface area contributed by atoms with Gasteiger partial charge in [-0.05, 0) is 25.1 Å². The van der Waals surface area contributed by atoms with Crippen molar-refractivity contribution in [1.29, 1.82) is 0 Å². The largest absolute Gasteiger partial charge is 0.486 e. The van der Waals surface area contributed by atoms with Gasteiger partial charge in [-0.2, -0.15) is 0 Å². The van der Waals surface area contributed by atoms with E-state index in [1.54, 1.807) is 31.2 Å². The third-order valence-corrected chi connectivity index (χ3v) is 3.15. The second-order valence-corrected chi connectivity index (χ2v) is 4.62. The summed E-state index contributed by atoms with van der Waals surface area (Å²) in [7, 11) is 0. The fourth-order valence-electron chi connectivity index (χ4n) is 1.93. The molecule has 2 heterocycles. The molecule has 0 aliphatic carbocycles. The second kappa shape index (κ2) is 4.63. The van der Waals surface area contributed by atoms with Crippen molar-refractivity contribution in [1.82, 2.24) is 0 Å². The van der Waals surface area contributed by atoms with Crippen LogP contribution < -0.4 is 9.47 Å². The lowest BCUT2D eigenvalue weighted by atomic mass is 10.1. The monoisotopic (exact) mass is 278 g/mol. The number of halogens is 1. The van der Waals surface area contributed by atoms with E-state index in [2.05, 4.69) is 0 Å². The average Bonchev–Trinajstić information content (AvgIpc) is 2.84. The molecule has 0 spiro atoms. The van der Waals surface area contributed by atoms with E-state index < -0.39 is 0 Å². The van der Waals surface area contributed by atoms with Gasteiger partial charge in [-0.1, -0.05) is 11.6 Å². The molecule has 5 heteroatoms. The standard InChI is InChI=1S/C14H11ClO4/c1-8-2-3-11(19-8)14(16)9-6-12-13(7-10(9)15)18-5-4-17-12/h2-3,6-7H,4-5H2,1H3. The molecular weight excluding hydrogens is 268 g/mol. The molecule has 0 fully saturated rings. The van der Waals surface area contributed by atoms with Crippen molar-refractivity contribution in [2.24, 2.45) is 0 Å². The summed E-state index contributed by atoms with van der Waals surface area (Å²) in [5, 5.41) is 0.323. The van der Waals surface area contributed by atoms with Crippen molar-refractivity contribution in [3.63, 3.8) is 0 Å². The lowest BCUT2D eigenvalue weighted by Crippen LogP contribution is -2.16. The van der Waals surface area contributed by atoms with Gasteiger partial charge in [-0.15, -0.1) is 0 Å². The van der Waals surface area contributed by atoms with Crippen LogP contribution in [-0.4, -0.2) is 19.0 Å². The number of hydrogen-bond acceptors (Lipinski definition) is 4. The smallest absolute Gasteiger partial charge is 0.229 e. The lowest BCUT2D eigenvalue weighted by molar-refractivity contribution is 0.101. The van der Waals surface area contributed by atoms with E-state index in [1.807, 2.05) is 0 Å². The molecule has 1 aromatic carbocycles. The molecule has 0 N–H and O–H groups in total. The fraction of sp³-hybridized carbons (Fsp3) is 0.214. The second-order valence-electron chi connectivity index (χ2n) is 4.22. The Morgan fingerprint density at radius 1 is 1.16 bits per heavy atom. The van der Waals surface area contributed by atoms with Gasteiger partial charge >= 0.3 is 0 Å². The summed E-state index contributed by atoms with van der Waals surface area (Å²) in [4.78, 5) is 12.3. The topological polar surface area (TPSA) is 48.7 Å². The maximum Gasteiger partial charge on any atom is 0.229 e. The van der Waals surface area contributed by atoms with Gasteiger partial charge < -0.3 is 13.9 Å². The summed E-state index contributed by atoms with van der Waals surface area (Å²) in [5.41, 5.74) is 0.347. The molecule has 1 aliphatic heterocycles. The third-order valence-electron chi connectivity index (χ3n) is 2.84. The zero-order valence-corrected chi connectivity index (χ0v) is 11.0. The molecule has 1 aliphatic rings. The molecule has 0 atom stereocenters. The van der Waals surface area contributed by atoms with E-state index in [0.717, 1.165) is 0 Å². The zero-order valence-electron chi connectivity index (χ0n) is 10.2. The summed E-state index contributed by atoms with van der Waals surface area (Å²) in [6.45, 7) is 2.72. The van der Waals surface area contributed by atoms with Crippen LogP contribution in [0.4, 0.5) is 0 Å². The Hall–Kier alpha value is -1.94. The fourth-order valence-corrected chi connectivity index (χ4v) is 2.17. The van der Waals surface area contributed by atoms with E-state index >= 15 is 0 Å². The van der Waals surface area contributed by atoms with Crippen LogP contribution >= 0.6 is 11.6 Å². The Bertz CT molecular complexity index is 645. The zero-order chi connectivity index (χ0) is 13.4. The summed E-state index contributed by atoms with van der Waals surface area (Å²) in [5.74, 6) is 1.76. The molecule has 0 unspecified atom stereocenters. The normalized spacial score (nSPS) is 13.4. The number of rotatable bonds is 2. The molecular formula is C14H11ClO4. The van der Waals surface area contributed by atoms with Gasteiger partial charge in [0.15, 0.2) is 17.3 Å². The first-order valence-corrected chi connectivity index (χ1v) is 6.23. The minimum absolute atomic E-state index is 0.260. The van der Waals surface area contributed by atoms with Crippen LogP contribution in [0.1, 0.15) is 21.9 Å². The van der Waals surface area contributed by atoms with Gasteiger partial charge in [0, 0.05) is 11.6 Å². The van der Waals surface area contributed by atoms with E-state index in [9.17, 15) is 4.79 Å². The van der Waals surface area contributed by atoms with Gasteiger partial charge in [-0.3, -0.25) is 4.79 Å². The number of ether oxygens (including phenoxy) is 2. The lowest BCUT2D eigenvalue weighted by Gasteiger charge is -2.19. The van der Waals surface area contributed by atoms with Gasteiger partial charge in [0.2, 0.25) is 5.78 Å². The number of furan rings is 1. The molecule has 98 valence electrons. The van der Waals surface area contributed by atoms with Crippen LogP contribution in [-0.2, 0) is 0 Å². The summed E-state index contributed by atoms with van der Waals surface area (Å²) < 4.78 is 16.2. The van der Waals surface area contributed by atoms with Crippen LogP contribution in [0.5, 0.6) is 11.5 Å². The number of carbonyl (C=O) groups is 1. The number of aryl methyl sites for hydroxylation is 1. The predicted molar refractivity (Wildman–Crippen MR) is 69.3 cm³/mol. The van der Waals surface area contributed by atoms with E-state index in [4.69, 9.17) is 25.5 Å². The first-order chi connectivity index (χ1) is 9.15. The van der Waals surface area contributed by atoms with Crippen LogP contribution in [0.3, 0.4) is 0 Å². The van der Waals surface area contributed by atoms with Gasteiger partial charge in [-0.25, -0.2) is 0 Å². The SMILES string of the molecule is Cc1ccc(C(=O)c2cc3c(cc2Cl)OCCO3)o1. The van der Waals surface area contributed by atoms with Crippen molar-refractivity contribution in [2.45, 2.75) is 6.92 Å². The number of benzene rings is 1. The highest BCUT2D eigenvalue weighted by molar-refractivity contribution is 6.35. The Balaban J connectivity index is 2.03. The van der Waals surface area contributed by atoms with Crippen LogP contribution in [0.15, 0.2) is 28.7 Å². The molecule has 2 aromatic rings. The molecule has 0 saturated heterocycles. The molecule has 4 nitrogen and oxygen atoms in total. The Morgan fingerprint density at radius 2 is 1.84 bits per heavy atom. The first kappa shape index (κ1) is 12.1. The number of carbonyl (C=O) groups excluding carboxylic acids is 1.